The first-order valence-corrected chi connectivity index (χ1v) is 7.95. The highest BCUT2D eigenvalue weighted by Crippen LogP contribution is 2.10. The number of rotatable bonds is 13. The minimum Gasteiger partial charge on any atom is -0.0845 e. The SMILES string of the molecule is [CH]=C/C=C\C=CC=CCCCCCCCCCCC. The summed E-state index contributed by atoms with van der Waals surface area (Å²) >= 11 is 0. The fourth-order valence-electron chi connectivity index (χ4n) is 2.00. The summed E-state index contributed by atoms with van der Waals surface area (Å²) in [7, 11) is 0. The summed E-state index contributed by atoms with van der Waals surface area (Å²) < 4.78 is 0. The number of allylic oxidation sites excluding steroid dienone is 7. The molecule has 19 heavy (non-hydrogen) atoms. The van der Waals surface area contributed by atoms with E-state index >= 15 is 0 Å². The number of hydrogen-bond donors (Lipinski definition) is 0. The molecule has 107 valence electrons. The van der Waals surface area contributed by atoms with Gasteiger partial charge in [-0.1, -0.05) is 107 Å². The molecule has 0 fully saturated rings. The van der Waals surface area contributed by atoms with Crippen LogP contribution in [0.5, 0.6) is 0 Å². The monoisotopic (exact) mass is 259 g/mol. The van der Waals surface area contributed by atoms with Crippen LogP contribution >= 0.6 is 0 Å². The molecule has 0 aromatic carbocycles. The Morgan fingerprint density at radius 2 is 1.16 bits per heavy atom. The molecule has 0 N–H and O–H groups in total. The first-order chi connectivity index (χ1) is 9.41. The van der Waals surface area contributed by atoms with E-state index < -0.39 is 0 Å². The lowest BCUT2D eigenvalue weighted by molar-refractivity contribution is 0.566. The summed E-state index contributed by atoms with van der Waals surface area (Å²) in [5.74, 6) is 0. The van der Waals surface area contributed by atoms with Crippen molar-refractivity contribution in [1.82, 2.24) is 0 Å². The van der Waals surface area contributed by atoms with Crippen LogP contribution in [-0.4, -0.2) is 0 Å². The van der Waals surface area contributed by atoms with Gasteiger partial charge in [-0.15, -0.1) is 0 Å². The van der Waals surface area contributed by atoms with Crippen molar-refractivity contribution in [2.75, 3.05) is 0 Å². The van der Waals surface area contributed by atoms with E-state index in [1.54, 1.807) is 0 Å². The Morgan fingerprint density at radius 1 is 0.632 bits per heavy atom. The van der Waals surface area contributed by atoms with Crippen LogP contribution < -0.4 is 0 Å². The second-order valence-electron chi connectivity index (χ2n) is 5.01. The standard InChI is InChI=1S/C19H31/c1-3-5-7-9-11-13-15-17-19-18-16-14-12-10-8-6-4-2/h1,3,5,7,9,11,13,15H,4,6,8,10,12,14,16-19H2,2H3/b3-1?,7-5-,11-9?,15-13?. The predicted octanol–water partition coefficient (Wildman–Crippen LogP) is 6.57. The Kier molecular flexibility index (Phi) is 16.0. The van der Waals surface area contributed by atoms with Gasteiger partial charge in [-0.05, 0) is 12.8 Å². The second-order valence-corrected chi connectivity index (χ2v) is 5.01. The quantitative estimate of drug-likeness (QED) is 0.259. The van der Waals surface area contributed by atoms with Gasteiger partial charge >= 0.3 is 0 Å². The van der Waals surface area contributed by atoms with Gasteiger partial charge in [0.1, 0.15) is 0 Å². The lowest BCUT2D eigenvalue weighted by Crippen LogP contribution is -1.80. The summed E-state index contributed by atoms with van der Waals surface area (Å²) in [6.07, 6.45) is 27.5. The van der Waals surface area contributed by atoms with E-state index in [0.29, 0.717) is 0 Å². The molecule has 0 heteroatoms. The normalized spacial score (nSPS) is 12.1. The van der Waals surface area contributed by atoms with Crippen molar-refractivity contribution in [1.29, 1.82) is 0 Å². The molecule has 0 aromatic heterocycles. The average molecular weight is 259 g/mol. The van der Waals surface area contributed by atoms with Gasteiger partial charge in [0.15, 0.2) is 0 Å². The summed E-state index contributed by atoms with van der Waals surface area (Å²) in [6.45, 7) is 7.49. The molecule has 0 nitrogen and oxygen atoms in total. The van der Waals surface area contributed by atoms with Gasteiger partial charge in [0.2, 0.25) is 0 Å². The Morgan fingerprint density at radius 3 is 1.79 bits per heavy atom. The third kappa shape index (κ3) is 17.0. The Bertz CT molecular complexity index is 255. The fraction of sp³-hybridized carbons (Fsp3) is 0.579. The lowest BCUT2D eigenvalue weighted by Gasteiger charge is -2.00. The maximum Gasteiger partial charge on any atom is -0.0348 e. The van der Waals surface area contributed by atoms with E-state index in [9.17, 15) is 0 Å². The largest absolute Gasteiger partial charge is 0.0845 e. The van der Waals surface area contributed by atoms with Crippen molar-refractivity contribution in [3.05, 3.63) is 49.1 Å². The number of unbranched alkanes of at least 4 members (excludes halogenated alkanes) is 9. The lowest BCUT2D eigenvalue weighted by atomic mass is 10.1. The van der Waals surface area contributed by atoms with Gasteiger partial charge in [0.05, 0.1) is 0 Å². The highest BCUT2D eigenvalue weighted by atomic mass is 14.0. The Balaban J connectivity index is 3.17. The van der Waals surface area contributed by atoms with E-state index in [-0.39, 0.29) is 0 Å². The average Bonchev–Trinajstić information content (AvgIpc) is 2.43. The maximum absolute atomic E-state index is 5.22. The fourth-order valence-corrected chi connectivity index (χ4v) is 2.00. The topological polar surface area (TPSA) is 0 Å². The molecule has 0 spiro atoms. The smallest absolute Gasteiger partial charge is 0.0348 e. The molecular weight excluding hydrogens is 228 g/mol. The molecule has 0 saturated carbocycles. The predicted molar refractivity (Wildman–Crippen MR) is 88.1 cm³/mol. The minimum atomic E-state index is 1.20. The minimum absolute atomic E-state index is 1.20. The zero-order valence-electron chi connectivity index (χ0n) is 12.7. The van der Waals surface area contributed by atoms with Crippen LogP contribution in [0.2, 0.25) is 0 Å². The summed E-state index contributed by atoms with van der Waals surface area (Å²) in [6, 6.07) is 0. The zero-order chi connectivity index (χ0) is 14.0. The Labute approximate surface area is 121 Å². The summed E-state index contributed by atoms with van der Waals surface area (Å²) in [5.41, 5.74) is 0. The van der Waals surface area contributed by atoms with E-state index in [4.69, 9.17) is 6.58 Å². The molecule has 0 aliphatic rings. The van der Waals surface area contributed by atoms with Crippen LogP contribution in [0.1, 0.15) is 71.1 Å². The van der Waals surface area contributed by atoms with Gasteiger partial charge in [0.25, 0.3) is 0 Å². The number of hydrogen-bond acceptors (Lipinski definition) is 0. The summed E-state index contributed by atoms with van der Waals surface area (Å²) in [5, 5.41) is 0. The van der Waals surface area contributed by atoms with Gasteiger partial charge in [-0.25, -0.2) is 0 Å². The molecule has 0 aliphatic carbocycles. The van der Waals surface area contributed by atoms with E-state index in [2.05, 4.69) is 19.1 Å². The van der Waals surface area contributed by atoms with Gasteiger partial charge in [-0.2, -0.15) is 0 Å². The molecule has 1 radical (unpaired) electrons. The molecule has 0 unspecified atom stereocenters. The van der Waals surface area contributed by atoms with Crippen molar-refractivity contribution >= 4 is 0 Å². The van der Waals surface area contributed by atoms with Crippen molar-refractivity contribution in [2.45, 2.75) is 71.1 Å². The third-order valence-electron chi connectivity index (χ3n) is 3.17. The second kappa shape index (κ2) is 17.0. The first kappa shape index (κ1) is 18.0. The first-order valence-electron chi connectivity index (χ1n) is 7.95. The molecule has 0 heterocycles. The van der Waals surface area contributed by atoms with Crippen LogP contribution in [0.4, 0.5) is 0 Å². The van der Waals surface area contributed by atoms with Crippen LogP contribution in [0.15, 0.2) is 42.5 Å². The van der Waals surface area contributed by atoms with Gasteiger partial charge < -0.3 is 0 Å². The molecular formula is C19H31. The van der Waals surface area contributed by atoms with Crippen molar-refractivity contribution < 1.29 is 0 Å². The molecule has 0 bridgehead atoms. The van der Waals surface area contributed by atoms with Crippen molar-refractivity contribution in [2.24, 2.45) is 0 Å². The third-order valence-corrected chi connectivity index (χ3v) is 3.17. The van der Waals surface area contributed by atoms with Crippen molar-refractivity contribution in [3.63, 3.8) is 0 Å². The molecule has 0 atom stereocenters. The molecule has 0 aromatic rings. The molecule has 0 amide bonds. The Hall–Kier alpha value is -1.04. The zero-order valence-corrected chi connectivity index (χ0v) is 12.7. The van der Waals surface area contributed by atoms with E-state index in [1.807, 2.05) is 24.3 Å². The maximum atomic E-state index is 5.22. The van der Waals surface area contributed by atoms with Crippen LogP contribution in [-0.2, 0) is 0 Å². The molecule has 0 aliphatic heterocycles. The molecule has 0 rings (SSSR count). The van der Waals surface area contributed by atoms with Crippen LogP contribution in [0, 0.1) is 6.58 Å². The van der Waals surface area contributed by atoms with Gasteiger partial charge in [-0.3, -0.25) is 0 Å². The van der Waals surface area contributed by atoms with Crippen LogP contribution in [0.3, 0.4) is 0 Å². The highest BCUT2D eigenvalue weighted by molar-refractivity contribution is 5.13. The van der Waals surface area contributed by atoms with Gasteiger partial charge in [0, 0.05) is 0 Å². The highest BCUT2D eigenvalue weighted by Gasteiger charge is 1.90. The van der Waals surface area contributed by atoms with Crippen molar-refractivity contribution in [3.8, 4) is 0 Å². The van der Waals surface area contributed by atoms with Crippen LogP contribution in [0.25, 0.3) is 0 Å². The summed E-state index contributed by atoms with van der Waals surface area (Å²) in [4.78, 5) is 0. The van der Waals surface area contributed by atoms with E-state index in [1.165, 1.54) is 70.3 Å². The van der Waals surface area contributed by atoms with E-state index in [0.717, 1.165) is 0 Å². The molecule has 0 saturated heterocycles.